The van der Waals surface area contributed by atoms with Gasteiger partial charge in [-0.1, -0.05) is 0 Å². The van der Waals surface area contributed by atoms with Crippen molar-refractivity contribution >= 4 is 5.97 Å². The van der Waals surface area contributed by atoms with Crippen molar-refractivity contribution < 1.29 is 14.3 Å². The van der Waals surface area contributed by atoms with Gasteiger partial charge in [-0.3, -0.25) is 0 Å². The van der Waals surface area contributed by atoms with Gasteiger partial charge in [0.05, 0.1) is 12.8 Å². The number of aromatic nitrogens is 3. The summed E-state index contributed by atoms with van der Waals surface area (Å²) in [6.45, 7) is 3.74. The van der Waals surface area contributed by atoms with E-state index in [-0.39, 0.29) is 5.76 Å². The van der Waals surface area contributed by atoms with E-state index in [9.17, 15) is 4.79 Å². The molecule has 2 aromatic heterocycles. The number of hydrogen-bond acceptors (Lipinski definition) is 5. The lowest BCUT2D eigenvalue weighted by atomic mass is 10.2. The molecule has 7 nitrogen and oxygen atoms in total. The lowest BCUT2D eigenvalue weighted by Gasteiger charge is -2.04. The summed E-state index contributed by atoms with van der Waals surface area (Å²) in [6.07, 6.45) is 3.03. The number of rotatable bonds is 6. The smallest absolute Gasteiger partial charge is 0.372 e. The normalized spacial score (nSPS) is 10.7. The molecule has 0 aliphatic heterocycles. The van der Waals surface area contributed by atoms with Gasteiger partial charge < -0.3 is 19.4 Å². The maximum Gasteiger partial charge on any atom is 0.372 e. The van der Waals surface area contributed by atoms with Gasteiger partial charge in [0, 0.05) is 18.7 Å². The second-order valence-corrected chi connectivity index (χ2v) is 3.72. The molecule has 0 fully saturated rings. The second-order valence-electron chi connectivity index (χ2n) is 3.72. The molecule has 0 aromatic carbocycles. The molecule has 2 aromatic rings. The molecule has 0 unspecified atom stereocenters. The third-order valence-corrected chi connectivity index (χ3v) is 2.58. The Morgan fingerprint density at radius 2 is 2.39 bits per heavy atom. The minimum atomic E-state index is -1.06. The summed E-state index contributed by atoms with van der Waals surface area (Å²) in [5, 5.41) is 19.8. The molecular formula is C11H14N4O3. The van der Waals surface area contributed by atoms with Crippen molar-refractivity contribution in [3.8, 4) is 0 Å². The van der Waals surface area contributed by atoms with Crippen molar-refractivity contribution in [3.05, 3.63) is 35.8 Å². The summed E-state index contributed by atoms with van der Waals surface area (Å²) in [5.74, 6) is -0.272. The highest BCUT2D eigenvalue weighted by Gasteiger charge is 2.13. The second kappa shape index (κ2) is 5.46. The molecule has 0 aliphatic carbocycles. The fourth-order valence-electron chi connectivity index (χ4n) is 1.65. The van der Waals surface area contributed by atoms with Crippen LogP contribution in [0.5, 0.6) is 0 Å². The van der Waals surface area contributed by atoms with Crippen molar-refractivity contribution in [3.63, 3.8) is 0 Å². The highest BCUT2D eigenvalue weighted by atomic mass is 16.4. The molecule has 0 radical (unpaired) electrons. The summed E-state index contributed by atoms with van der Waals surface area (Å²) < 4.78 is 6.80. The Morgan fingerprint density at radius 3 is 3.11 bits per heavy atom. The quantitative estimate of drug-likeness (QED) is 0.790. The molecule has 7 heteroatoms. The summed E-state index contributed by atoms with van der Waals surface area (Å²) in [7, 11) is 0. The Bertz CT molecular complexity index is 532. The fraction of sp³-hybridized carbons (Fsp3) is 0.364. The first-order chi connectivity index (χ1) is 8.72. The molecule has 0 bridgehead atoms. The number of aromatic carboxylic acids is 1. The Kier molecular flexibility index (Phi) is 3.73. The van der Waals surface area contributed by atoms with E-state index in [1.54, 1.807) is 12.4 Å². The van der Waals surface area contributed by atoms with Crippen molar-refractivity contribution in [2.75, 3.05) is 0 Å². The largest absolute Gasteiger partial charge is 0.475 e. The predicted molar refractivity (Wildman–Crippen MR) is 61.9 cm³/mol. The van der Waals surface area contributed by atoms with Gasteiger partial charge in [0.1, 0.15) is 12.2 Å². The predicted octanol–water partition coefficient (Wildman–Crippen LogP) is 0.879. The standard InChI is InChI=1S/C11H14N4O3/c1-2-15-7-13-14-9(15)6-12-5-8-3-4-18-10(8)11(16)17/h3-4,7,12H,2,5-6H2,1H3,(H,16,17). The zero-order valence-corrected chi connectivity index (χ0v) is 9.96. The van der Waals surface area contributed by atoms with E-state index in [1.807, 2.05) is 11.5 Å². The van der Waals surface area contributed by atoms with Crippen LogP contribution in [-0.4, -0.2) is 25.8 Å². The van der Waals surface area contributed by atoms with Crippen LogP contribution >= 0.6 is 0 Å². The molecule has 0 atom stereocenters. The number of aryl methyl sites for hydroxylation is 1. The lowest BCUT2D eigenvalue weighted by Crippen LogP contribution is -2.17. The van der Waals surface area contributed by atoms with Crippen molar-refractivity contribution in [2.45, 2.75) is 26.6 Å². The zero-order valence-electron chi connectivity index (χ0n) is 9.96. The topological polar surface area (TPSA) is 93.2 Å². The highest BCUT2D eigenvalue weighted by molar-refractivity contribution is 5.86. The average Bonchev–Trinajstić information content (AvgIpc) is 2.97. The first-order valence-electron chi connectivity index (χ1n) is 5.59. The monoisotopic (exact) mass is 250 g/mol. The van der Waals surface area contributed by atoms with Crippen LogP contribution in [0.3, 0.4) is 0 Å². The Labute approximate surface area is 103 Å². The van der Waals surface area contributed by atoms with E-state index in [4.69, 9.17) is 9.52 Å². The van der Waals surface area contributed by atoms with Crippen molar-refractivity contribution in [1.29, 1.82) is 0 Å². The van der Waals surface area contributed by atoms with Crippen LogP contribution in [0, 0.1) is 0 Å². The van der Waals surface area contributed by atoms with Gasteiger partial charge in [0.2, 0.25) is 5.76 Å². The van der Waals surface area contributed by atoms with Crippen LogP contribution in [0.25, 0.3) is 0 Å². The van der Waals surface area contributed by atoms with E-state index in [0.717, 1.165) is 12.4 Å². The van der Waals surface area contributed by atoms with Crippen molar-refractivity contribution in [2.24, 2.45) is 0 Å². The summed E-state index contributed by atoms with van der Waals surface area (Å²) in [5.41, 5.74) is 0.616. The number of carboxylic acid groups (broad SMARTS) is 1. The Morgan fingerprint density at radius 1 is 1.56 bits per heavy atom. The zero-order chi connectivity index (χ0) is 13.0. The van der Waals surface area contributed by atoms with E-state index in [2.05, 4.69) is 15.5 Å². The van der Waals surface area contributed by atoms with Gasteiger partial charge in [-0.25, -0.2) is 4.79 Å². The SMILES string of the molecule is CCn1cnnc1CNCc1ccoc1C(=O)O. The van der Waals surface area contributed by atoms with Gasteiger partial charge in [-0.05, 0) is 13.0 Å². The number of hydrogen-bond donors (Lipinski definition) is 2. The van der Waals surface area contributed by atoms with Crippen LogP contribution in [0.1, 0.15) is 28.9 Å². The summed E-state index contributed by atoms with van der Waals surface area (Å²) in [6, 6.07) is 1.64. The molecule has 2 heterocycles. The Balaban J connectivity index is 1.92. The van der Waals surface area contributed by atoms with E-state index < -0.39 is 5.97 Å². The summed E-state index contributed by atoms with van der Waals surface area (Å²) in [4.78, 5) is 10.8. The number of carbonyl (C=O) groups is 1. The van der Waals surface area contributed by atoms with Gasteiger partial charge in [-0.15, -0.1) is 10.2 Å². The lowest BCUT2D eigenvalue weighted by molar-refractivity contribution is 0.0660. The molecule has 96 valence electrons. The van der Waals surface area contributed by atoms with Gasteiger partial charge >= 0.3 is 5.97 Å². The van der Waals surface area contributed by atoms with Crippen LogP contribution in [0.15, 0.2) is 23.1 Å². The third-order valence-electron chi connectivity index (χ3n) is 2.58. The van der Waals surface area contributed by atoms with Crippen molar-refractivity contribution in [1.82, 2.24) is 20.1 Å². The van der Waals surface area contributed by atoms with Crippen LogP contribution < -0.4 is 5.32 Å². The molecule has 2 rings (SSSR count). The molecule has 18 heavy (non-hydrogen) atoms. The van der Waals surface area contributed by atoms with E-state index in [1.165, 1.54) is 6.26 Å². The first-order valence-corrected chi connectivity index (χ1v) is 5.59. The van der Waals surface area contributed by atoms with Gasteiger partial charge in [0.25, 0.3) is 0 Å². The number of nitrogens with one attached hydrogen (secondary N) is 1. The third kappa shape index (κ3) is 2.57. The molecule has 0 saturated heterocycles. The van der Waals surface area contributed by atoms with Gasteiger partial charge in [0.15, 0.2) is 0 Å². The fourth-order valence-corrected chi connectivity index (χ4v) is 1.65. The molecular weight excluding hydrogens is 236 g/mol. The van der Waals surface area contributed by atoms with Crippen LogP contribution in [-0.2, 0) is 19.6 Å². The van der Waals surface area contributed by atoms with Gasteiger partial charge in [-0.2, -0.15) is 0 Å². The van der Waals surface area contributed by atoms with Crippen LogP contribution in [0.4, 0.5) is 0 Å². The molecule has 0 amide bonds. The Hall–Kier alpha value is -2.15. The molecule has 2 N–H and O–H groups in total. The minimum Gasteiger partial charge on any atom is -0.475 e. The number of furan rings is 1. The number of nitrogens with zero attached hydrogens (tertiary/aromatic N) is 3. The molecule has 0 aliphatic rings. The number of carboxylic acids is 1. The average molecular weight is 250 g/mol. The first kappa shape index (κ1) is 12.3. The van der Waals surface area contributed by atoms with E-state index in [0.29, 0.717) is 18.7 Å². The summed E-state index contributed by atoms with van der Waals surface area (Å²) >= 11 is 0. The highest BCUT2D eigenvalue weighted by Crippen LogP contribution is 2.10. The maximum absolute atomic E-state index is 10.8. The minimum absolute atomic E-state index is 0.0283. The van der Waals surface area contributed by atoms with Crippen LogP contribution in [0.2, 0.25) is 0 Å². The van der Waals surface area contributed by atoms with E-state index >= 15 is 0 Å². The maximum atomic E-state index is 10.8. The molecule has 0 saturated carbocycles. The molecule has 0 spiro atoms.